The number of nitrogens with zero attached hydrogens (tertiary/aromatic N) is 3. The number of Topliss-reactive ketones (excluding diaryl/α,β-unsaturated/α-hetero) is 2. The monoisotopic (exact) mass is 1800 g/mol. The molecule has 708 valence electrons. The van der Waals surface area contributed by atoms with Crippen LogP contribution in [-0.4, -0.2) is 306 Å². The third kappa shape index (κ3) is 34.1. The molecule has 127 heavy (non-hydrogen) atoms. The van der Waals surface area contributed by atoms with Crippen LogP contribution < -0.4 is 26.8 Å². The number of aliphatic hydroxyl groups excluding tert-OH is 3. The van der Waals surface area contributed by atoms with Gasteiger partial charge in [-0.25, -0.2) is 14.6 Å². The Morgan fingerprint density at radius 2 is 1.33 bits per heavy atom. The zero-order valence-electron chi connectivity index (χ0n) is 75.5. The number of esters is 1. The van der Waals surface area contributed by atoms with Crippen molar-refractivity contribution in [3.05, 3.63) is 119 Å². The van der Waals surface area contributed by atoms with Crippen molar-refractivity contribution in [3.63, 3.8) is 0 Å². The number of aliphatic hydroxyl groups is 4. The van der Waals surface area contributed by atoms with Gasteiger partial charge in [0.05, 0.1) is 147 Å². The van der Waals surface area contributed by atoms with Gasteiger partial charge in [0.25, 0.3) is 17.6 Å². The molecule has 0 radical (unpaired) electrons. The van der Waals surface area contributed by atoms with E-state index in [1.54, 1.807) is 76.2 Å². The lowest BCUT2D eigenvalue weighted by atomic mass is 9.80. The minimum absolute atomic E-state index is 0.0128. The van der Waals surface area contributed by atoms with Gasteiger partial charge >= 0.3 is 12.1 Å². The Kier molecular flexibility index (Phi) is 45.6. The quantitative estimate of drug-likeness (QED) is 0.0121. The number of rotatable bonds is 39. The van der Waals surface area contributed by atoms with Crippen molar-refractivity contribution in [1.82, 2.24) is 25.4 Å². The fourth-order valence-corrected chi connectivity index (χ4v) is 17.2. The number of cyclic esters (lactones) is 1. The Morgan fingerprint density at radius 1 is 0.677 bits per heavy atom. The van der Waals surface area contributed by atoms with Gasteiger partial charge in [-0.2, -0.15) is 0 Å². The highest BCUT2D eigenvalue weighted by atomic mass is 32.2. The molecule has 10 N–H and O–H groups in total. The number of ether oxygens (including phenoxy) is 14. The number of nitrogen functional groups attached to an aromatic ring is 1. The van der Waals surface area contributed by atoms with Crippen molar-refractivity contribution in [2.45, 2.75) is 210 Å². The zero-order valence-corrected chi connectivity index (χ0v) is 76.3. The predicted molar refractivity (Wildman–Crippen MR) is 473 cm³/mol. The van der Waals surface area contributed by atoms with E-state index in [2.05, 4.69) is 15.6 Å². The third-order valence-corrected chi connectivity index (χ3v) is 25.1. The summed E-state index contributed by atoms with van der Waals surface area (Å²) in [5.74, 6) is -7.52. The number of carbonyl (C=O) groups is 7. The number of pyridine rings is 1. The molecule has 8 rings (SSSR count). The summed E-state index contributed by atoms with van der Waals surface area (Å²) in [6.45, 7) is 19.1. The number of piperidine rings is 1. The molecule has 1 aliphatic carbocycles. The van der Waals surface area contributed by atoms with E-state index < -0.39 is 125 Å². The molecule has 17 atom stereocenters. The molecule has 34 heteroatoms. The molecule has 1 aromatic heterocycles. The first-order valence-electron chi connectivity index (χ1n) is 44.7. The van der Waals surface area contributed by atoms with Gasteiger partial charge in [-0.1, -0.05) is 70.2 Å². The Morgan fingerprint density at radius 3 is 1.97 bits per heavy atom. The maximum Gasteiger partial charge on any atom is 0.407 e. The van der Waals surface area contributed by atoms with E-state index in [1.165, 1.54) is 7.11 Å². The molecule has 2 aromatic carbocycles. The first kappa shape index (κ1) is 105. The van der Waals surface area contributed by atoms with Crippen LogP contribution in [0.5, 0.6) is 5.75 Å². The Labute approximate surface area is 749 Å². The molecule has 2 bridgehead atoms. The van der Waals surface area contributed by atoms with Gasteiger partial charge in [0.2, 0.25) is 11.7 Å². The predicted octanol–water partition coefficient (Wildman–Crippen LogP) is 7.18. The molecule has 3 fully saturated rings. The molecular formula is C93H139N7O26S. The van der Waals surface area contributed by atoms with Crippen molar-refractivity contribution < 1.29 is 125 Å². The summed E-state index contributed by atoms with van der Waals surface area (Å²) in [6.07, 6.45) is 8.05. The summed E-state index contributed by atoms with van der Waals surface area (Å²) < 4.78 is 93.9. The minimum Gasteiger partial charge on any atom is -0.491 e. The topological polar surface area (TPSA) is 442 Å². The second-order valence-electron chi connectivity index (χ2n) is 33.5. The lowest BCUT2D eigenvalue weighted by Gasteiger charge is -2.42. The largest absolute Gasteiger partial charge is 0.491 e. The number of aryl methyl sites for hydroxylation is 1. The number of hydrogen-bond donors (Lipinski definition) is 8. The summed E-state index contributed by atoms with van der Waals surface area (Å²) in [7, 11) is 1.67. The second kappa shape index (κ2) is 55.4. The number of allylic oxidation sites excluding steroid dienone is 5. The van der Waals surface area contributed by atoms with Crippen LogP contribution >= 0.6 is 0 Å². The van der Waals surface area contributed by atoms with Gasteiger partial charge in [0, 0.05) is 117 Å². The van der Waals surface area contributed by atoms with Gasteiger partial charge in [-0.05, 0) is 162 Å². The number of hydrogen-bond acceptors (Lipinski definition) is 29. The fourth-order valence-electron chi connectivity index (χ4n) is 16.1. The highest BCUT2D eigenvalue weighted by Crippen LogP contribution is 2.39. The molecule has 3 aromatic rings. The number of carbonyl (C=O) groups excluding carboxylic acids is 7. The van der Waals surface area contributed by atoms with Crippen molar-refractivity contribution in [3.8, 4) is 16.9 Å². The smallest absolute Gasteiger partial charge is 0.407 e. The van der Waals surface area contributed by atoms with Crippen LogP contribution in [0.1, 0.15) is 146 Å². The van der Waals surface area contributed by atoms with Crippen LogP contribution in [0.3, 0.4) is 0 Å². The SMILES string of the molecule is CO[C@H]1C[C@@H]2CC[C@@H](C)[C@@](O)(O2)C(=O)C(=O)N2CCCC[C@H]2C(=O)O[C@H]([C@H](N)C[C@@H]2CC[C@@H](OC(=O)NCCOCCOCCOCCOCCOCCOCCOCCOCCC(=O)NCCS(=O)c3ccc(C(=O)N4CCOc5ccc(-c6ccc(N)nc6)cc5C4)c(C)c3)[C@H](OC)C2)C[C@@H](O)[C@H](C)/C=C(\C)[C@@H](O)[C@@H](O)C(=O)[C@H](C)C[C@H](C)/C=C/C=CC=C1C. The molecule has 2 saturated heterocycles. The fraction of sp³-hybridized carbons (Fsp3) is 0.656. The standard InChI is InChI=1S/C93H139N7O26S/c1-61-15-11-10-12-16-62(2)80(113-8)57-72-22-18-67(7)93(111,126-72)88(106)90(108)100-31-14-13-17-76(100)91(109)124-81(58-77(101)64(4)52-66(6)86(104)87(105)85(103)65(5)51-61)75(94)54-68-19-25-79(82(55-68)114-9)125-92(110)97-29-34-116-37-39-118-41-43-120-45-47-122-49-48-121-46-44-119-42-40-117-38-36-115-33-28-84(102)96-30-50-127(112)73-23-24-74(63(3)53-73)89(107)99-32-35-123-78-26-20-69(56-71(78)60-99)70-21-27-83(95)98-59-70/h10-12,15-16,20-21,23-24,26-27,52-53,56,59,61,64-65,67-68,72,75-77,79-82,86-87,101,104-105,111H,13-14,17-19,22,25,28-51,54-55,57-58,60,94H2,1-9H3,(H2,95,98)(H,96,102)(H,97,110)/b12-10?,15-11+,62-16?,66-52+/t61-,64-,65-,67-,68+,72+,75-,76+,77-,79-,80+,81+,82-,86-,87+,93-,127?/m1/s1. The number of ketones is 2. The van der Waals surface area contributed by atoms with Crippen LogP contribution in [0.2, 0.25) is 0 Å². The summed E-state index contributed by atoms with van der Waals surface area (Å²) in [5.41, 5.74) is 17.8. The second-order valence-corrected chi connectivity index (χ2v) is 35.0. The van der Waals surface area contributed by atoms with Crippen molar-refractivity contribution in [1.29, 1.82) is 0 Å². The number of alkyl carbamates (subject to hydrolysis) is 1. The van der Waals surface area contributed by atoms with Crippen molar-refractivity contribution in [2.24, 2.45) is 35.3 Å². The average molecular weight is 1800 g/mol. The first-order chi connectivity index (χ1) is 61.1. The maximum absolute atomic E-state index is 14.7. The maximum atomic E-state index is 14.7. The van der Waals surface area contributed by atoms with Crippen LogP contribution in [0.15, 0.2) is 107 Å². The average Bonchev–Trinajstić information content (AvgIpc) is 1.05. The van der Waals surface area contributed by atoms with E-state index in [1.807, 2.05) is 75.4 Å². The van der Waals surface area contributed by atoms with E-state index >= 15 is 0 Å². The van der Waals surface area contributed by atoms with Gasteiger partial charge in [0.15, 0.2) is 5.78 Å². The molecule has 5 heterocycles. The van der Waals surface area contributed by atoms with Gasteiger partial charge < -0.3 is 119 Å². The number of nitrogens with two attached hydrogens (primary N) is 2. The molecule has 33 nitrogen and oxygen atoms in total. The number of benzene rings is 2. The van der Waals surface area contributed by atoms with Crippen molar-refractivity contribution >= 4 is 58.0 Å². The highest BCUT2D eigenvalue weighted by molar-refractivity contribution is 7.85. The summed E-state index contributed by atoms with van der Waals surface area (Å²) in [5, 5.41) is 52.1. The van der Waals surface area contributed by atoms with E-state index in [-0.39, 0.29) is 107 Å². The van der Waals surface area contributed by atoms with Crippen LogP contribution in [0, 0.1) is 36.5 Å². The molecular weight excluding hydrogens is 1660 g/mol. The van der Waals surface area contributed by atoms with E-state index in [4.69, 9.17) is 77.8 Å². The minimum atomic E-state index is -2.50. The summed E-state index contributed by atoms with van der Waals surface area (Å²) in [4.78, 5) is 104. The lowest BCUT2D eigenvalue weighted by molar-refractivity contribution is -0.265. The van der Waals surface area contributed by atoms with Crippen LogP contribution in [0.4, 0.5) is 10.6 Å². The Balaban J connectivity index is 0.636. The highest BCUT2D eigenvalue weighted by Gasteiger charge is 2.53. The van der Waals surface area contributed by atoms with Gasteiger partial charge in [0.1, 0.15) is 48.6 Å². The van der Waals surface area contributed by atoms with Crippen molar-refractivity contribution in [2.75, 3.05) is 164 Å². The number of methoxy groups -OCH3 is 2. The number of aromatic nitrogens is 1. The number of amides is 4. The third-order valence-electron chi connectivity index (χ3n) is 23.7. The first-order valence-corrected chi connectivity index (χ1v) is 46.0. The molecule has 4 aliphatic heterocycles. The zero-order chi connectivity index (χ0) is 91.8. The van der Waals surface area contributed by atoms with E-state index in [0.717, 1.165) is 32.9 Å². The van der Waals surface area contributed by atoms with Crippen LogP contribution in [0.25, 0.3) is 11.1 Å². The van der Waals surface area contributed by atoms with Crippen LogP contribution in [-0.2, 0) is 103 Å². The van der Waals surface area contributed by atoms with E-state index in [9.17, 15) is 58.2 Å². The number of anilines is 1. The number of nitrogens with one attached hydrogen (secondary N) is 2. The number of fused-ring (bicyclic) bond motifs is 4. The summed E-state index contributed by atoms with van der Waals surface area (Å²) in [6, 6.07) is 12.5. The van der Waals surface area contributed by atoms with Gasteiger partial charge in [-0.15, -0.1) is 0 Å². The summed E-state index contributed by atoms with van der Waals surface area (Å²) >= 11 is 0. The lowest BCUT2D eigenvalue weighted by Crippen LogP contribution is -2.61. The molecule has 1 saturated carbocycles. The Hall–Kier alpha value is -7.85. The molecule has 4 amide bonds. The van der Waals surface area contributed by atoms with Gasteiger partial charge in [-0.3, -0.25) is 28.2 Å². The Bertz CT molecular complexity index is 4080. The molecule has 5 aliphatic rings. The van der Waals surface area contributed by atoms with E-state index in [0.29, 0.717) is 179 Å². The molecule has 1 unspecified atom stereocenters. The molecule has 0 spiro atoms. The normalized spacial score (nSPS) is 27.0.